The van der Waals surface area contributed by atoms with Crippen molar-refractivity contribution in [2.24, 2.45) is 5.73 Å². The average molecular weight is 294 g/mol. The number of rotatable bonds is 4. The Morgan fingerprint density at radius 3 is 2.60 bits per heavy atom. The van der Waals surface area contributed by atoms with Gasteiger partial charge in [0.05, 0.1) is 10.6 Å². The van der Waals surface area contributed by atoms with Crippen LogP contribution in [0.25, 0.3) is 0 Å². The van der Waals surface area contributed by atoms with E-state index in [1.165, 1.54) is 24.3 Å². The second-order valence-corrected chi connectivity index (χ2v) is 6.10. The van der Waals surface area contributed by atoms with E-state index < -0.39 is 15.8 Å². The summed E-state index contributed by atoms with van der Waals surface area (Å²) in [5, 5.41) is 0. The van der Waals surface area contributed by atoms with Crippen molar-refractivity contribution in [1.82, 2.24) is 0 Å². The molecule has 106 valence electrons. The number of nitrogens with one attached hydrogen (secondary N) is 1. The number of anilines is 1. The number of halogens is 1. The molecule has 20 heavy (non-hydrogen) atoms. The summed E-state index contributed by atoms with van der Waals surface area (Å²) in [6.45, 7) is 1.86. The molecule has 0 spiro atoms. The van der Waals surface area contributed by atoms with Gasteiger partial charge in [-0.3, -0.25) is 4.72 Å². The van der Waals surface area contributed by atoms with Gasteiger partial charge in [0.1, 0.15) is 5.82 Å². The van der Waals surface area contributed by atoms with Crippen LogP contribution < -0.4 is 10.5 Å². The van der Waals surface area contributed by atoms with Crippen LogP contribution in [0.15, 0.2) is 47.4 Å². The molecule has 3 N–H and O–H groups in total. The fraction of sp³-hybridized carbons (Fsp3) is 0.143. The fourth-order valence-corrected chi connectivity index (χ4v) is 2.83. The zero-order valence-corrected chi connectivity index (χ0v) is 11.7. The Morgan fingerprint density at radius 2 is 1.95 bits per heavy atom. The molecule has 0 heterocycles. The molecule has 0 aromatic heterocycles. The molecule has 2 aromatic carbocycles. The standard InChI is InChI=1S/C14H15FN2O2S/c1-10-5-6-12(8-14(10)15)17-20(18,19)13-4-2-3-11(7-13)9-16/h2-8,17H,9,16H2,1H3. The third-order valence-corrected chi connectivity index (χ3v) is 4.25. The summed E-state index contributed by atoms with van der Waals surface area (Å²) in [4.78, 5) is 0.0985. The van der Waals surface area contributed by atoms with Gasteiger partial charge in [-0.25, -0.2) is 12.8 Å². The molecule has 0 saturated carbocycles. The molecular weight excluding hydrogens is 279 g/mol. The molecule has 0 radical (unpaired) electrons. The van der Waals surface area contributed by atoms with E-state index in [9.17, 15) is 12.8 Å². The highest BCUT2D eigenvalue weighted by Crippen LogP contribution is 2.19. The van der Waals surface area contributed by atoms with E-state index in [-0.39, 0.29) is 17.1 Å². The van der Waals surface area contributed by atoms with Crippen LogP contribution in [0.5, 0.6) is 0 Å². The summed E-state index contributed by atoms with van der Waals surface area (Å²) in [6, 6.07) is 10.5. The summed E-state index contributed by atoms with van der Waals surface area (Å²) in [5.74, 6) is -0.457. The van der Waals surface area contributed by atoms with Gasteiger partial charge < -0.3 is 5.73 Å². The largest absolute Gasteiger partial charge is 0.326 e. The highest BCUT2D eigenvalue weighted by molar-refractivity contribution is 7.92. The highest BCUT2D eigenvalue weighted by Gasteiger charge is 2.15. The van der Waals surface area contributed by atoms with Gasteiger partial charge in [0.25, 0.3) is 10.0 Å². The van der Waals surface area contributed by atoms with Gasteiger partial charge >= 0.3 is 0 Å². The van der Waals surface area contributed by atoms with E-state index in [0.29, 0.717) is 11.1 Å². The Kier molecular flexibility index (Phi) is 4.06. The summed E-state index contributed by atoms with van der Waals surface area (Å²) in [6.07, 6.45) is 0. The SMILES string of the molecule is Cc1ccc(NS(=O)(=O)c2cccc(CN)c2)cc1F. The van der Waals surface area contributed by atoms with Gasteiger partial charge in [-0.15, -0.1) is 0 Å². The summed E-state index contributed by atoms with van der Waals surface area (Å²) < 4.78 is 40.2. The van der Waals surface area contributed by atoms with E-state index in [1.807, 2.05) is 0 Å². The number of aryl methyl sites for hydroxylation is 1. The Morgan fingerprint density at radius 1 is 1.20 bits per heavy atom. The first-order valence-corrected chi connectivity index (χ1v) is 7.48. The third-order valence-electron chi connectivity index (χ3n) is 2.87. The first-order valence-electron chi connectivity index (χ1n) is 6.00. The molecule has 0 aliphatic carbocycles. The monoisotopic (exact) mass is 294 g/mol. The van der Waals surface area contributed by atoms with Gasteiger partial charge in [0.15, 0.2) is 0 Å². The zero-order chi connectivity index (χ0) is 14.8. The second-order valence-electron chi connectivity index (χ2n) is 4.42. The van der Waals surface area contributed by atoms with E-state index >= 15 is 0 Å². The van der Waals surface area contributed by atoms with Gasteiger partial charge in [-0.1, -0.05) is 18.2 Å². The molecule has 6 heteroatoms. The highest BCUT2D eigenvalue weighted by atomic mass is 32.2. The quantitative estimate of drug-likeness (QED) is 0.909. The van der Waals surface area contributed by atoms with Crippen molar-refractivity contribution in [3.05, 3.63) is 59.4 Å². The summed E-state index contributed by atoms with van der Waals surface area (Å²) >= 11 is 0. The van der Waals surface area contributed by atoms with Crippen LogP contribution in [0.3, 0.4) is 0 Å². The fourth-order valence-electron chi connectivity index (χ4n) is 1.71. The zero-order valence-electron chi connectivity index (χ0n) is 10.9. The number of hydrogen-bond acceptors (Lipinski definition) is 3. The van der Waals surface area contributed by atoms with Crippen LogP contribution in [-0.4, -0.2) is 8.42 Å². The lowest BCUT2D eigenvalue weighted by Crippen LogP contribution is -2.13. The average Bonchev–Trinajstić information content (AvgIpc) is 2.43. The Labute approximate surface area is 117 Å². The topological polar surface area (TPSA) is 72.2 Å². The van der Waals surface area contributed by atoms with E-state index in [2.05, 4.69) is 4.72 Å². The Balaban J connectivity index is 2.32. The molecule has 0 fully saturated rings. The molecule has 0 amide bonds. The summed E-state index contributed by atoms with van der Waals surface area (Å²) in [5.41, 5.74) is 6.84. The van der Waals surface area contributed by atoms with Crippen LogP contribution in [0.2, 0.25) is 0 Å². The first-order chi connectivity index (χ1) is 9.42. The molecule has 2 aromatic rings. The molecule has 0 bridgehead atoms. The maximum absolute atomic E-state index is 13.4. The molecule has 0 aliphatic heterocycles. The first kappa shape index (κ1) is 14.5. The van der Waals surface area contributed by atoms with Gasteiger partial charge in [-0.05, 0) is 42.3 Å². The number of sulfonamides is 1. The van der Waals surface area contributed by atoms with Crippen molar-refractivity contribution >= 4 is 15.7 Å². The molecular formula is C14H15FN2O2S. The van der Waals surface area contributed by atoms with Crippen molar-refractivity contribution in [2.45, 2.75) is 18.4 Å². The molecule has 0 aliphatic rings. The molecule has 0 unspecified atom stereocenters. The minimum Gasteiger partial charge on any atom is -0.326 e. The maximum atomic E-state index is 13.4. The number of benzene rings is 2. The molecule has 4 nitrogen and oxygen atoms in total. The maximum Gasteiger partial charge on any atom is 0.261 e. The normalized spacial score (nSPS) is 11.3. The van der Waals surface area contributed by atoms with Crippen LogP contribution in [0.1, 0.15) is 11.1 Å². The Bertz CT molecular complexity index is 730. The van der Waals surface area contributed by atoms with Crippen molar-refractivity contribution in [3.63, 3.8) is 0 Å². The van der Waals surface area contributed by atoms with Crippen LogP contribution in [0, 0.1) is 12.7 Å². The summed E-state index contributed by atoms with van der Waals surface area (Å²) in [7, 11) is -3.75. The Hall–Kier alpha value is -1.92. The second kappa shape index (κ2) is 5.60. The predicted octanol–water partition coefficient (Wildman–Crippen LogP) is 2.39. The van der Waals surface area contributed by atoms with Crippen molar-refractivity contribution in [1.29, 1.82) is 0 Å². The third kappa shape index (κ3) is 3.15. The molecule has 0 saturated heterocycles. The van der Waals surface area contributed by atoms with E-state index in [1.54, 1.807) is 19.1 Å². The molecule has 2 rings (SSSR count). The van der Waals surface area contributed by atoms with Crippen molar-refractivity contribution < 1.29 is 12.8 Å². The van der Waals surface area contributed by atoms with Crippen molar-refractivity contribution in [2.75, 3.05) is 4.72 Å². The van der Waals surface area contributed by atoms with Gasteiger partial charge in [-0.2, -0.15) is 0 Å². The lowest BCUT2D eigenvalue weighted by Gasteiger charge is -2.09. The van der Waals surface area contributed by atoms with Crippen LogP contribution in [0.4, 0.5) is 10.1 Å². The van der Waals surface area contributed by atoms with Crippen LogP contribution >= 0.6 is 0 Å². The van der Waals surface area contributed by atoms with E-state index in [0.717, 1.165) is 6.07 Å². The smallest absolute Gasteiger partial charge is 0.261 e. The van der Waals surface area contributed by atoms with E-state index in [4.69, 9.17) is 5.73 Å². The molecule has 0 atom stereocenters. The predicted molar refractivity (Wildman–Crippen MR) is 76.3 cm³/mol. The number of nitrogens with two attached hydrogens (primary N) is 1. The lowest BCUT2D eigenvalue weighted by atomic mass is 10.2. The van der Waals surface area contributed by atoms with Gasteiger partial charge in [0.2, 0.25) is 0 Å². The van der Waals surface area contributed by atoms with Crippen molar-refractivity contribution in [3.8, 4) is 0 Å². The number of hydrogen-bond donors (Lipinski definition) is 2. The lowest BCUT2D eigenvalue weighted by molar-refractivity contribution is 0.600. The minimum atomic E-state index is -3.75. The van der Waals surface area contributed by atoms with Gasteiger partial charge in [0, 0.05) is 6.54 Å². The minimum absolute atomic E-state index is 0.0985. The van der Waals surface area contributed by atoms with Crippen LogP contribution in [-0.2, 0) is 16.6 Å².